The quantitative estimate of drug-likeness (QED) is 0.403. The van der Waals surface area contributed by atoms with Gasteiger partial charge in [-0.25, -0.2) is 0 Å². The van der Waals surface area contributed by atoms with Crippen LogP contribution in [0.15, 0.2) is 42.5 Å². The van der Waals surface area contributed by atoms with E-state index in [1.807, 2.05) is 29.2 Å². The molecule has 2 aromatic rings. The molecule has 5 nitrogen and oxygen atoms in total. The van der Waals surface area contributed by atoms with Gasteiger partial charge in [-0.2, -0.15) is 23.7 Å². The van der Waals surface area contributed by atoms with Crippen LogP contribution in [-0.2, 0) is 23.9 Å². The number of nitriles is 2. The maximum absolute atomic E-state index is 13.5. The zero-order valence-electron chi connectivity index (χ0n) is 18.2. The summed E-state index contributed by atoms with van der Waals surface area (Å²) in [4.78, 5) is 16.5. The molecule has 174 valence electrons. The van der Waals surface area contributed by atoms with Crippen molar-refractivity contribution in [2.75, 3.05) is 4.90 Å². The summed E-state index contributed by atoms with van der Waals surface area (Å²) in [6.07, 6.45) is -0.661. The van der Waals surface area contributed by atoms with Crippen molar-refractivity contribution >= 4 is 28.9 Å². The van der Waals surface area contributed by atoms with Gasteiger partial charge in [-0.3, -0.25) is 9.69 Å². The van der Waals surface area contributed by atoms with Crippen LogP contribution in [0, 0.1) is 22.7 Å². The first-order valence-electron chi connectivity index (χ1n) is 10.9. The molecule has 2 aliphatic rings. The first kappa shape index (κ1) is 23.7. The second kappa shape index (κ2) is 9.08. The molecule has 9 heteroatoms. The van der Waals surface area contributed by atoms with Crippen molar-refractivity contribution in [1.82, 2.24) is 4.90 Å². The summed E-state index contributed by atoms with van der Waals surface area (Å²) >= 11 is 5.62. The monoisotopic (exact) mass is 482 g/mol. The zero-order valence-corrected chi connectivity index (χ0v) is 19.0. The molecule has 0 radical (unpaired) electrons. The number of alkyl halides is 3. The zero-order chi connectivity index (χ0) is 24.5. The number of unbranched alkanes of at least 4 members (excludes halogenated alkanes) is 1. The molecule has 1 amide bonds. The standard InChI is InChI=1S/C25H21F3N4OS/c26-25(27,28)21-14-20(10-9-19(21)15-30)32-22(33)24(11-3-12-24)31(23(32)34)16-18-7-5-17(6-8-18)4-1-2-13-29/h5-10,14H,1-4,11-12,16H2. The summed E-state index contributed by atoms with van der Waals surface area (Å²) < 4.78 is 40.5. The first-order chi connectivity index (χ1) is 16.2. The molecule has 1 spiro atoms. The number of amides is 1. The lowest BCUT2D eigenvalue weighted by Gasteiger charge is -2.43. The molecule has 1 saturated heterocycles. The van der Waals surface area contributed by atoms with Crippen LogP contribution in [0.4, 0.5) is 18.9 Å². The van der Waals surface area contributed by atoms with E-state index in [0.29, 0.717) is 25.8 Å². The Labute approximate surface area is 201 Å². The Morgan fingerprint density at radius 2 is 1.74 bits per heavy atom. The summed E-state index contributed by atoms with van der Waals surface area (Å²) in [5.74, 6) is -0.324. The Kier molecular flexibility index (Phi) is 6.33. The fourth-order valence-corrected chi connectivity index (χ4v) is 4.95. The van der Waals surface area contributed by atoms with E-state index in [1.54, 1.807) is 6.07 Å². The third kappa shape index (κ3) is 4.12. The lowest BCUT2D eigenvalue weighted by molar-refractivity contribution is -0.137. The second-order valence-electron chi connectivity index (χ2n) is 8.56. The number of aryl methyl sites for hydroxylation is 1. The van der Waals surface area contributed by atoms with Gasteiger partial charge in [0.1, 0.15) is 5.54 Å². The lowest BCUT2D eigenvalue weighted by Crippen LogP contribution is -2.54. The van der Waals surface area contributed by atoms with Gasteiger partial charge in [0.05, 0.1) is 29.0 Å². The molecule has 1 aliphatic carbocycles. The van der Waals surface area contributed by atoms with Gasteiger partial charge < -0.3 is 4.90 Å². The predicted molar refractivity (Wildman–Crippen MR) is 123 cm³/mol. The van der Waals surface area contributed by atoms with Crippen LogP contribution < -0.4 is 4.90 Å². The highest BCUT2D eigenvalue weighted by Gasteiger charge is 2.59. The van der Waals surface area contributed by atoms with E-state index in [2.05, 4.69) is 6.07 Å². The van der Waals surface area contributed by atoms with Crippen LogP contribution in [0.3, 0.4) is 0 Å². The predicted octanol–water partition coefficient (Wildman–Crippen LogP) is 5.48. The molecule has 0 aromatic heterocycles. The van der Waals surface area contributed by atoms with Gasteiger partial charge in [-0.05, 0) is 73.6 Å². The Morgan fingerprint density at radius 3 is 2.29 bits per heavy atom. The number of halogens is 3. The van der Waals surface area contributed by atoms with E-state index in [1.165, 1.54) is 11.0 Å². The summed E-state index contributed by atoms with van der Waals surface area (Å²) in [7, 11) is 0. The average Bonchev–Trinajstić information content (AvgIpc) is 3.00. The highest BCUT2D eigenvalue weighted by Crippen LogP contribution is 2.47. The Bertz CT molecular complexity index is 1210. The maximum atomic E-state index is 13.5. The van der Waals surface area contributed by atoms with Crippen molar-refractivity contribution in [3.05, 3.63) is 64.7 Å². The topological polar surface area (TPSA) is 71.1 Å². The van der Waals surface area contributed by atoms with Gasteiger partial charge in [0, 0.05) is 13.0 Å². The highest BCUT2D eigenvalue weighted by molar-refractivity contribution is 7.80. The van der Waals surface area contributed by atoms with Gasteiger partial charge >= 0.3 is 6.18 Å². The normalized spacial score (nSPS) is 17.0. The van der Waals surface area contributed by atoms with Crippen molar-refractivity contribution in [2.45, 2.75) is 56.8 Å². The van der Waals surface area contributed by atoms with E-state index < -0.39 is 22.8 Å². The lowest BCUT2D eigenvalue weighted by atomic mass is 9.75. The van der Waals surface area contributed by atoms with E-state index >= 15 is 0 Å². The molecule has 0 bridgehead atoms. The number of thiocarbonyl (C=S) groups is 1. The van der Waals surface area contributed by atoms with Crippen molar-refractivity contribution in [2.24, 2.45) is 0 Å². The van der Waals surface area contributed by atoms with Crippen molar-refractivity contribution < 1.29 is 18.0 Å². The fraction of sp³-hybridized carbons (Fsp3) is 0.360. The van der Waals surface area contributed by atoms with Gasteiger partial charge in [0.25, 0.3) is 5.91 Å². The number of hydrogen-bond donors (Lipinski definition) is 0. The van der Waals surface area contributed by atoms with Gasteiger partial charge in [0.15, 0.2) is 5.11 Å². The molecule has 2 aromatic carbocycles. The minimum Gasteiger partial charge on any atom is -0.329 e. The Hall–Kier alpha value is -3.43. The van der Waals surface area contributed by atoms with Crippen LogP contribution in [-0.4, -0.2) is 21.5 Å². The van der Waals surface area contributed by atoms with Crippen molar-refractivity contribution in [1.29, 1.82) is 10.5 Å². The van der Waals surface area contributed by atoms with Crippen LogP contribution >= 0.6 is 12.2 Å². The molecule has 34 heavy (non-hydrogen) atoms. The molecule has 1 aliphatic heterocycles. The molecule has 0 atom stereocenters. The van der Waals surface area contributed by atoms with Crippen molar-refractivity contribution in [3.8, 4) is 12.1 Å². The second-order valence-corrected chi connectivity index (χ2v) is 8.93. The minimum absolute atomic E-state index is 0.0166. The molecular formula is C25H21F3N4OS. The molecule has 1 saturated carbocycles. The largest absolute Gasteiger partial charge is 0.417 e. The third-order valence-corrected chi connectivity index (χ3v) is 6.93. The van der Waals surface area contributed by atoms with Crippen LogP contribution in [0.25, 0.3) is 0 Å². The number of carbonyl (C=O) groups is 1. The summed E-state index contributed by atoms with van der Waals surface area (Å²) in [5, 5.41) is 17.9. The number of rotatable bonds is 6. The van der Waals surface area contributed by atoms with Crippen molar-refractivity contribution in [3.63, 3.8) is 0 Å². The maximum Gasteiger partial charge on any atom is 0.417 e. The van der Waals surface area contributed by atoms with Gasteiger partial charge in [-0.1, -0.05) is 24.3 Å². The Morgan fingerprint density at radius 1 is 1.06 bits per heavy atom. The van der Waals surface area contributed by atoms with E-state index in [0.717, 1.165) is 42.5 Å². The van der Waals surface area contributed by atoms with Crippen LogP contribution in [0.2, 0.25) is 0 Å². The van der Waals surface area contributed by atoms with Crippen LogP contribution in [0.5, 0.6) is 0 Å². The van der Waals surface area contributed by atoms with E-state index in [9.17, 15) is 18.0 Å². The van der Waals surface area contributed by atoms with Gasteiger partial charge in [0.2, 0.25) is 0 Å². The minimum atomic E-state index is -4.73. The number of carbonyl (C=O) groups excluding carboxylic acids is 1. The average molecular weight is 483 g/mol. The molecular weight excluding hydrogens is 461 g/mol. The first-order valence-corrected chi connectivity index (χ1v) is 11.3. The summed E-state index contributed by atoms with van der Waals surface area (Å²) in [6, 6.07) is 14.8. The molecule has 1 heterocycles. The fourth-order valence-electron chi connectivity index (χ4n) is 4.53. The smallest absolute Gasteiger partial charge is 0.329 e. The molecule has 0 unspecified atom stereocenters. The third-order valence-electron chi connectivity index (χ3n) is 6.53. The summed E-state index contributed by atoms with van der Waals surface area (Å²) in [6.45, 7) is 0.363. The molecule has 4 rings (SSSR count). The Balaban J connectivity index is 1.62. The number of anilines is 1. The number of hydrogen-bond acceptors (Lipinski definition) is 4. The molecule has 2 fully saturated rings. The van der Waals surface area contributed by atoms with E-state index in [4.69, 9.17) is 22.7 Å². The highest BCUT2D eigenvalue weighted by atomic mass is 32.1. The van der Waals surface area contributed by atoms with Crippen LogP contribution in [0.1, 0.15) is 54.4 Å². The summed E-state index contributed by atoms with van der Waals surface area (Å²) in [5.41, 5.74) is -0.382. The number of nitrogens with zero attached hydrogens (tertiary/aromatic N) is 4. The SMILES string of the molecule is N#CCCCc1ccc(CN2C(=S)N(c3ccc(C#N)c(C(F)(F)F)c3)C(=O)C23CCC3)cc1. The van der Waals surface area contributed by atoms with E-state index in [-0.39, 0.29) is 16.7 Å². The molecule has 0 N–H and O–H groups in total. The van der Waals surface area contributed by atoms with Gasteiger partial charge in [-0.15, -0.1) is 0 Å². The number of benzene rings is 2.